The van der Waals surface area contributed by atoms with E-state index in [0.717, 1.165) is 5.56 Å². The summed E-state index contributed by atoms with van der Waals surface area (Å²) in [5, 5.41) is 0.258. The highest BCUT2D eigenvalue weighted by Gasteiger charge is 2.25. The predicted octanol–water partition coefficient (Wildman–Crippen LogP) is 2.96. The second-order valence-corrected chi connectivity index (χ2v) is 9.50. The van der Waals surface area contributed by atoms with Gasteiger partial charge in [-0.15, -0.1) is 4.49 Å². The van der Waals surface area contributed by atoms with Crippen LogP contribution in [0.15, 0.2) is 59.8 Å². The van der Waals surface area contributed by atoms with Crippen molar-refractivity contribution in [1.82, 2.24) is 14.0 Å². The molecule has 0 saturated heterocycles. The summed E-state index contributed by atoms with van der Waals surface area (Å²) in [7, 11) is -9.32. The number of rotatable bonds is 7. The maximum absolute atomic E-state index is 12.0. The highest BCUT2D eigenvalue weighted by atomic mass is 35.5. The largest absolute Gasteiger partial charge is 0.494 e. The summed E-state index contributed by atoms with van der Waals surface area (Å²) >= 11 is 6.25. The molecule has 1 heterocycles. The monoisotopic (exact) mass is 457 g/mol. The molecule has 0 atom stereocenters. The third-order valence-corrected chi connectivity index (χ3v) is 6.91. The Bertz CT molecular complexity index is 1160. The van der Waals surface area contributed by atoms with Gasteiger partial charge in [-0.05, 0) is 55.5 Å². The second kappa shape index (κ2) is 8.27. The van der Waals surface area contributed by atoms with E-state index in [1.807, 2.05) is 19.1 Å². The van der Waals surface area contributed by atoms with Gasteiger partial charge in [-0.3, -0.25) is 4.57 Å². The quantitative estimate of drug-likeness (QED) is 0.465. The van der Waals surface area contributed by atoms with Crippen molar-refractivity contribution < 1.29 is 27.5 Å². The molecule has 0 aliphatic carbocycles. The first-order chi connectivity index (χ1) is 13.6. The first-order valence-corrected chi connectivity index (χ1v) is 11.7. The Morgan fingerprint density at radius 3 is 2.31 bits per heavy atom. The first kappa shape index (κ1) is 21.5. The third kappa shape index (κ3) is 5.05. The van der Waals surface area contributed by atoms with Gasteiger partial charge in [0.25, 0.3) is 0 Å². The molecule has 0 unspecified atom stereocenters. The number of benzene rings is 2. The molecule has 0 radical (unpaired) electrons. The van der Waals surface area contributed by atoms with Crippen LogP contribution in [0.25, 0.3) is 16.9 Å². The third-order valence-electron chi connectivity index (χ3n) is 3.83. The fourth-order valence-corrected chi connectivity index (χ4v) is 5.06. The smallest absolute Gasteiger partial charge is 0.414 e. The van der Waals surface area contributed by atoms with Gasteiger partial charge in [-0.2, -0.15) is 0 Å². The molecular weight excluding hydrogens is 441 g/mol. The summed E-state index contributed by atoms with van der Waals surface area (Å²) in [5.74, 6) is 0.713. The number of aromatic nitrogens is 2. The van der Waals surface area contributed by atoms with Crippen LogP contribution in [0.2, 0.25) is 5.15 Å². The van der Waals surface area contributed by atoms with Crippen LogP contribution in [0.3, 0.4) is 0 Å². The lowest BCUT2D eigenvalue weighted by molar-refractivity contribution is 0.340. The van der Waals surface area contributed by atoms with E-state index in [-0.39, 0.29) is 10.0 Å². The topological polar surface area (TPSA) is 131 Å². The molecule has 0 aliphatic heterocycles. The molecule has 0 aliphatic rings. The Morgan fingerprint density at radius 1 is 1.14 bits per heavy atom. The highest BCUT2D eigenvalue weighted by molar-refractivity contribution is 7.94. The molecule has 3 N–H and O–H groups in total. The fourth-order valence-electron chi connectivity index (χ4n) is 2.65. The van der Waals surface area contributed by atoms with Crippen molar-refractivity contribution in [3.05, 3.63) is 60.0 Å². The van der Waals surface area contributed by atoms with Crippen molar-refractivity contribution in [2.75, 3.05) is 6.61 Å². The number of nitrogens with one attached hydrogen (secondary N) is 1. The van der Waals surface area contributed by atoms with Crippen LogP contribution >= 0.6 is 19.3 Å². The summed E-state index contributed by atoms with van der Waals surface area (Å²) in [6.07, 6.45) is 1.49. The minimum atomic E-state index is -4.96. The molecule has 0 amide bonds. The maximum Gasteiger partial charge on any atom is 0.414 e. The minimum Gasteiger partial charge on any atom is -0.494 e. The van der Waals surface area contributed by atoms with E-state index in [4.69, 9.17) is 26.1 Å². The van der Waals surface area contributed by atoms with Gasteiger partial charge in [-0.1, -0.05) is 11.6 Å². The zero-order chi connectivity index (χ0) is 21.2. The fraction of sp³-hybridized carbons (Fsp3) is 0.118. The maximum atomic E-state index is 12.0. The number of halogens is 1. The molecular formula is C17H17ClN3O6PS. The van der Waals surface area contributed by atoms with Gasteiger partial charge in [0, 0.05) is 11.3 Å². The van der Waals surface area contributed by atoms with Crippen molar-refractivity contribution >= 4 is 29.4 Å². The summed E-state index contributed by atoms with van der Waals surface area (Å²) in [4.78, 5) is 21.5. The van der Waals surface area contributed by atoms with Gasteiger partial charge in [0.05, 0.1) is 17.2 Å². The van der Waals surface area contributed by atoms with E-state index in [0.29, 0.717) is 23.7 Å². The van der Waals surface area contributed by atoms with Crippen LogP contribution < -0.4 is 9.23 Å². The molecule has 2 aromatic carbocycles. The van der Waals surface area contributed by atoms with Gasteiger partial charge in [0.2, 0.25) is 10.0 Å². The molecule has 9 nitrogen and oxygen atoms in total. The summed E-state index contributed by atoms with van der Waals surface area (Å²) in [5.41, 5.74) is 1.93. The van der Waals surface area contributed by atoms with Gasteiger partial charge in [0.15, 0.2) is 5.15 Å². The minimum absolute atomic E-state index is 0.258. The van der Waals surface area contributed by atoms with Gasteiger partial charge in [-0.25, -0.2) is 18.0 Å². The Kier molecular flexibility index (Phi) is 6.13. The Morgan fingerprint density at radius 2 is 1.76 bits per heavy atom. The Hall–Kier alpha value is -2.20. The lowest BCUT2D eigenvalue weighted by Crippen LogP contribution is -2.20. The Balaban J connectivity index is 1.96. The molecule has 29 heavy (non-hydrogen) atoms. The molecule has 1 aromatic heterocycles. The van der Waals surface area contributed by atoms with E-state index in [1.54, 1.807) is 16.7 Å². The normalized spacial score (nSPS) is 12.1. The van der Waals surface area contributed by atoms with E-state index >= 15 is 0 Å². The zero-order valence-electron chi connectivity index (χ0n) is 15.1. The van der Waals surface area contributed by atoms with Crippen LogP contribution in [0.5, 0.6) is 5.75 Å². The van der Waals surface area contributed by atoms with Crippen molar-refractivity contribution in [3.8, 4) is 22.7 Å². The molecule has 0 spiro atoms. The first-order valence-electron chi connectivity index (χ1n) is 8.27. The van der Waals surface area contributed by atoms with Crippen LogP contribution in [0.4, 0.5) is 0 Å². The standard InChI is InChI=1S/C17H17ClN3O6PS/c1-2-27-14-7-3-12(4-8-14)16-17(18)19-11-21(16)13-5-9-15(10-6-13)29(25,26)20-28(22,23)24/h3-11H,2H2,1H3,(H3,20,22,23,24). The van der Waals surface area contributed by atoms with Crippen LogP contribution in [-0.2, 0) is 14.6 Å². The summed E-state index contributed by atoms with van der Waals surface area (Å²) in [6, 6.07) is 12.7. The summed E-state index contributed by atoms with van der Waals surface area (Å²) in [6.45, 7) is 2.43. The van der Waals surface area contributed by atoms with Gasteiger partial charge >= 0.3 is 7.75 Å². The molecule has 154 valence electrons. The number of hydrogen-bond donors (Lipinski definition) is 3. The van der Waals surface area contributed by atoms with E-state index in [2.05, 4.69) is 4.98 Å². The average molecular weight is 458 g/mol. The highest BCUT2D eigenvalue weighted by Crippen LogP contribution is 2.33. The number of hydrogen-bond acceptors (Lipinski definition) is 5. The summed E-state index contributed by atoms with van der Waals surface area (Å²) < 4.78 is 43.4. The van der Waals surface area contributed by atoms with E-state index < -0.39 is 17.8 Å². The molecule has 12 heteroatoms. The Labute approximate surface area is 172 Å². The molecule has 3 rings (SSSR count). The second-order valence-electron chi connectivity index (χ2n) is 5.84. The van der Waals surface area contributed by atoms with Crippen molar-refractivity contribution in [2.24, 2.45) is 0 Å². The SMILES string of the molecule is CCOc1ccc(-c2c(Cl)ncn2-c2ccc(S(=O)(=O)NP(=O)(O)O)cc2)cc1. The number of sulfonamides is 1. The number of imidazole rings is 1. The van der Waals surface area contributed by atoms with Crippen LogP contribution in [0.1, 0.15) is 6.92 Å². The lowest BCUT2D eigenvalue weighted by Gasteiger charge is -2.11. The van der Waals surface area contributed by atoms with Crippen LogP contribution in [-0.4, -0.2) is 34.4 Å². The molecule has 0 saturated carbocycles. The van der Waals surface area contributed by atoms with Gasteiger partial charge < -0.3 is 14.5 Å². The molecule has 0 bridgehead atoms. The number of nitrogens with zero attached hydrogens (tertiary/aromatic N) is 2. The molecule has 0 fully saturated rings. The number of ether oxygens (including phenoxy) is 1. The average Bonchev–Trinajstić information content (AvgIpc) is 3.02. The lowest BCUT2D eigenvalue weighted by atomic mass is 10.1. The van der Waals surface area contributed by atoms with E-state index in [9.17, 15) is 13.0 Å². The van der Waals surface area contributed by atoms with E-state index in [1.165, 1.54) is 35.1 Å². The van der Waals surface area contributed by atoms with Crippen molar-refractivity contribution in [3.63, 3.8) is 0 Å². The van der Waals surface area contributed by atoms with Crippen LogP contribution in [0, 0.1) is 0 Å². The predicted molar refractivity (Wildman–Crippen MR) is 108 cm³/mol. The molecule has 3 aromatic rings. The van der Waals surface area contributed by atoms with Crippen molar-refractivity contribution in [1.29, 1.82) is 0 Å². The van der Waals surface area contributed by atoms with Gasteiger partial charge in [0.1, 0.15) is 12.1 Å². The van der Waals surface area contributed by atoms with Crippen molar-refractivity contribution in [2.45, 2.75) is 11.8 Å². The zero-order valence-corrected chi connectivity index (χ0v) is 17.5.